The van der Waals surface area contributed by atoms with Crippen LogP contribution < -0.4 is 14.8 Å². The Morgan fingerprint density at radius 2 is 1.78 bits per heavy atom. The van der Waals surface area contributed by atoms with Crippen LogP contribution in [-0.4, -0.2) is 43.5 Å². The maximum Gasteiger partial charge on any atom is 0.251 e. The molecule has 0 spiro atoms. The number of hydrogen-bond acceptors (Lipinski definition) is 4. The number of ether oxygens (including phenoxy) is 2. The van der Waals surface area contributed by atoms with Crippen molar-refractivity contribution in [2.75, 3.05) is 26.7 Å². The van der Waals surface area contributed by atoms with Gasteiger partial charge in [-0.05, 0) is 36.6 Å². The van der Waals surface area contributed by atoms with Gasteiger partial charge in [-0.15, -0.1) is 0 Å². The van der Waals surface area contributed by atoms with Gasteiger partial charge in [0.15, 0.2) is 11.5 Å². The lowest BCUT2D eigenvalue weighted by Gasteiger charge is -2.16. The third-order valence-corrected chi connectivity index (χ3v) is 4.52. The van der Waals surface area contributed by atoms with Crippen molar-refractivity contribution in [1.29, 1.82) is 0 Å². The van der Waals surface area contributed by atoms with Gasteiger partial charge in [0, 0.05) is 18.7 Å². The second-order valence-electron chi connectivity index (χ2n) is 6.41. The van der Waals surface area contributed by atoms with Gasteiger partial charge >= 0.3 is 0 Å². The summed E-state index contributed by atoms with van der Waals surface area (Å²) in [6.45, 7) is 1.96. The summed E-state index contributed by atoms with van der Waals surface area (Å²) >= 11 is 0. The fourth-order valence-electron chi connectivity index (χ4n) is 3.00. The molecule has 1 saturated heterocycles. The van der Waals surface area contributed by atoms with Crippen LogP contribution in [0.3, 0.4) is 0 Å². The molecule has 1 fully saturated rings. The zero-order valence-electron chi connectivity index (χ0n) is 15.4. The molecule has 3 rings (SSSR count). The molecular formula is C21H24N2O4. The molecule has 2 amide bonds. The van der Waals surface area contributed by atoms with Gasteiger partial charge in [-0.2, -0.15) is 0 Å². The lowest BCUT2D eigenvalue weighted by atomic mass is 10.2. The monoisotopic (exact) mass is 368 g/mol. The fourth-order valence-corrected chi connectivity index (χ4v) is 3.00. The molecule has 0 saturated carbocycles. The first-order valence-corrected chi connectivity index (χ1v) is 9.08. The molecule has 0 radical (unpaired) electrons. The first kappa shape index (κ1) is 18.8. The molecule has 142 valence electrons. The highest BCUT2D eigenvalue weighted by molar-refractivity contribution is 5.97. The van der Waals surface area contributed by atoms with Gasteiger partial charge in [-0.25, -0.2) is 0 Å². The summed E-state index contributed by atoms with van der Waals surface area (Å²) in [5.41, 5.74) is 1.47. The van der Waals surface area contributed by atoms with Crippen molar-refractivity contribution < 1.29 is 19.1 Å². The molecule has 0 aromatic heterocycles. The first-order valence-electron chi connectivity index (χ1n) is 9.08. The van der Waals surface area contributed by atoms with Gasteiger partial charge in [-0.1, -0.05) is 30.3 Å². The number of nitrogens with zero attached hydrogens (tertiary/aromatic N) is 1. The highest BCUT2D eigenvalue weighted by atomic mass is 16.5. The molecule has 0 unspecified atom stereocenters. The van der Waals surface area contributed by atoms with E-state index in [1.807, 2.05) is 30.3 Å². The molecule has 1 aliphatic heterocycles. The van der Waals surface area contributed by atoms with Crippen molar-refractivity contribution in [2.24, 2.45) is 0 Å². The molecule has 0 bridgehead atoms. The maximum atomic E-state index is 12.3. The average molecular weight is 368 g/mol. The van der Waals surface area contributed by atoms with Crippen LogP contribution >= 0.6 is 0 Å². The molecule has 1 heterocycles. The van der Waals surface area contributed by atoms with Gasteiger partial charge in [-0.3, -0.25) is 9.59 Å². The summed E-state index contributed by atoms with van der Waals surface area (Å²) in [6, 6.07) is 14.8. The lowest BCUT2D eigenvalue weighted by Crippen LogP contribution is -2.38. The predicted molar refractivity (Wildman–Crippen MR) is 102 cm³/mol. The molecule has 0 atom stereocenters. The third kappa shape index (κ3) is 5.00. The van der Waals surface area contributed by atoms with E-state index in [4.69, 9.17) is 9.47 Å². The number of methoxy groups -OCH3 is 1. The van der Waals surface area contributed by atoms with E-state index < -0.39 is 0 Å². The van der Waals surface area contributed by atoms with E-state index >= 15 is 0 Å². The molecule has 6 nitrogen and oxygen atoms in total. The minimum Gasteiger partial charge on any atom is -0.493 e. The summed E-state index contributed by atoms with van der Waals surface area (Å²) in [4.78, 5) is 26.2. The zero-order valence-corrected chi connectivity index (χ0v) is 15.4. The van der Waals surface area contributed by atoms with Crippen molar-refractivity contribution in [1.82, 2.24) is 10.2 Å². The fraction of sp³-hybridized carbons (Fsp3) is 0.333. The van der Waals surface area contributed by atoms with Crippen molar-refractivity contribution >= 4 is 11.8 Å². The first-order chi connectivity index (χ1) is 13.2. The Labute approximate surface area is 159 Å². The van der Waals surface area contributed by atoms with E-state index in [1.54, 1.807) is 23.1 Å². The molecular weight excluding hydrogens is 344 g/mol. The number of hydrogen-bond donors (Lipinski definition) is 1. The smallest absolute Gasteiger partial charge is 0.251 e. The number of carbonyl (C=O) groups is 2. The largest absolute Gasteiger partial charge is 0.493 e. The summed E-state index contributed by atoms with van der Waals surface area (Å²) in [5, 5.41) is 2.68. The minimum atomic E-state index is -0.310. The van der Waals surface area contributed by atoms with Crippen LogP contribution in [0, 0.1) is 0 Å². The van der Waals surface area contributed by atoms with E-state index in [9.17, 15) is 9.59 Å². The zero-order chi connectivity index (χ0) is 19.1. The lowest BCUT2D eigenvalue weighted by molar-refractivity contribution is -0.129. The van der Waals surface area contributed by atoms with Crippen molar-refractivity contribution in [3.05, 3.63) is 59.7 Å². The SMILES string of the molecule is COc1cc(C(=O)NCC(=O)N2CCCC2)ccc1OCc1ccccc1. The molecule has 0 aliphatic carbocycles. The number of rotatable bonds is 7. The third-order valence-electron chi connectivity index (χ3n) is 4.52. The van der Waals surface area contributed by atoms with Crippen LogP contribution in [0.25, 0.3) is 0 Å². The van der Waals surface area contributed by atoms with Crippen molar-refractivity contribution in [3.8, 4) is 11.5 Å². The molecule has 27 heavy (non-hydrogen) atoms. The number of carbonyl (C=O) groups excluding carboxylic acids is 2. The Morgan fingerprint density at radius 1 is 1.04 bits per heavy atom. The predicted octanol–water partition coefficient (Wildman–Crippen LogP) is 2.63. The van der Waals surface area contributed by atoms with Crippen LogP contribution in [0.1, 0.15) is 28.8 Å². The Balaban J connectivity index is 1.59. The van der Waals surface area contributed by atoms with Gasteiger partial charge in [0.25, 0.3) is 5.91 Å². The molecule has 1 N–H and O–H groups in total. The molecule has 1 aliphatic rings. The van der Waals surface area contributed by atoms with Gasteiger partial charge in [0.1, 0.15) is 6.61 Å². The van der Waals surface area contributed by atoms with Gasteiger partial charge in [0.05, 0.1) is 13.7 Å². The molecule has 2 aromatic carbocycles. The van der Waals surface area contributed by atoms with Crippen LogP contribution in [-0.2, 0) is 11.4 Å². The number of likely N-dealkylation sites (tertiary alicyclic amines) is 1. The van der Waals surface area contributed by atoms with Crippen LogP contribution in [0.4, 0.5) is 0 Å². The number of amides is 2. The highest BCUT2D eigenvalue weighted by Gasteiger charge is 2.19. The highest BCUT2D eigenvalue weighted by Crippen LogP contribution is 2.28. The van der Waals surface area contributed by atoms with Crippen LogP contribution in [0.2, 0.25) is 0 Å². The second-order valence-corrected chi connectivity index (χ2v) is 6.41. The summed E-state index contributed by atoms with van der Waals surface area (Å²) in [6.07, 6.45) is 2.06. The maximum absolute atomic E-state index is 12.3. The Hall–Kier alpha value is -3.02. The van der Waals surface area contributed by atoms with E-state index in [0.29, 0.717) is 23.7 Å². The van der Waals surface area contributed by atoms with E-state index in [1.165, 1.54) is 7.11 Å². The molecule has 6 heteroatoms. The summed E-state index contributed by atoms with van der Waals surface area (Å²) in [7, 11) is 1.53. The average Bonchev–Trinajstić information content (AvgIpc) is 3.26. The Bertz CT molecular complexity index is 786. The summed E-state index contributed by atoms with van der Waals surface area (Å²) < 4.78 is 11.1. The topological polar surface area (TPSA) is 67.9 Å². The standard InChI is InChI=1S/C21H24N2O4/c1-26-19-13-17(21(25)22-14-20(24)23-11-5-6-12-23)9-10-18(19)27-15-16-7-3-2-4-8-16/h2-4,7-10,13H,5-6,11-12,14-15H2,1H3,(H,22,25). The van der Waals surface area contributed by atoms with Crippen LogP contribution in [0.15, 0.2) is 48.5 Å². The van der Waals surface area contributed by atoms with E-state index in [2.05, 4.69) is 5.32 Å². The van der Waals surface area contributed by atoms with Crippen LogP contribution in [0.5, 0.6) is 11.5 Å². The Kier molecular flexibility index (Phi) is 6.30. The van der Waals surface area contributed by atoms with Gasteiger partial charge < -0.3 is 19.7 Å². The number of benzene rings is 2. The summed E-state index contributed by atoms with van der Waals surface area (Å²) in [5.74, 6) is 0.682. The number of nitrogens with one attached hydrogen (secondary N) is 1. The van der Waals surface area contributed by atoms with Gasteiger partial charge in [0.2, 0.25) is 5.91 Å². The van der Waals surface area contributed by atoms with E-state index in [0.717, 1.165) is 31.5 Å². The quantitative estimate of drug-likeness (QED) is 0.816. The Morgan fingerprint density at radius 3 is 2.48 bits per heavy atom. The molecule has 2 aromatic rings. The normalized spacial score (nSPS) is 13.3. The second kappa shape index (κ2) is 9.07. The van der Waals surface area contributed by atoms with E-state index in [-0.39, 0.29) is 18.4 Å². The van der Waals surface area contributed by atoms with Crippen molar-refractivity contribution in [2.45, 2.75) is 19.4 Å². The minimum absolute atomic E-state index is 0.00735. The van der Waals surface area contributed by atoms with Crippen molar-refractivity contribution in [3.63, 3.8) is 0 Å².